The Kier molecular flexibility index (Phi) is 3.07. The van der Waals surface area contributed by atoms with Crippen LogP contribution < -0.4 is 0 Å². The molecule has 2 aromatic rings. The summed E-state index contributed by atoms with van der Waals surface area (Å²) in [7, 11) is 2.17. The van der Waals surface area contributed by atoms with E-state index in [1.807, 2.05) is 0 Å². The van der Waals surface area contributed by atoms with E-state index in [0.717, 1.165) is 13.1 Å². The summed E-state index contributed by atoms with van der Waals surface area (Å²) in [5, 5.41) is 1.35. The van der Waals surface area contributed by atoms with Gasteiger partial charge >= 0.3 is 0 Å². The molecule has 0 amide bonds. The van der Waals surface area contributed by atoms with E-state index in [2.05, 4.69) is 54.3 Å². The third-order valence-electron chi connectivity index (χ3n) is 2.72. The van der Waals surface area contributed by atoms with E-state index in [4.69, 9.17) is 0 Å². The van der Waals surface area contributed by atoms with Gasteiger partial charge in [0.05, 0.1) is 0 Å². The van der Waals surface area contributed by atoms with Gasteiger partial charge in [-0.1, -0.05) is 25.1 Å². The first-order valence-electron chi connectivity index (χ1n) is 5.55. The third-order valence-corrected chi connectivity index (χ3v) is 2.72. The van der Waals surface area contributed by atoms with Gasteiger partial charge < -0.3 is 9.88 Å². The molecule has 1 aromatic heterocycles. The lowest BCUT2D eigenvalue weighted by atomic mass is 10.1. The molecule has 0 spiro atoms. The minimum atomic E-state index is 1.03. The molecular weight excluding hydrogens is 184 g/mol. The molecule has 0 fully saturated rings. The Hall–Kier alpha value is -1.28. The molecule has 0 unspecified atom stereocenters. The first-order chi connectivity index (χ1) is 7.31. The number of hydrogen-bond donors (Lipinski definition) is 1. The highest BCUT2D eigenvalue weighted by Gasteiger charge is 2.04. The molecule has 0 aliphatic heterocycles. The number of nitrogens with zero attached hydrogens (tertiary/aromatic N) is 1. The minimum Gasteiger partial charge on any atom is -0.361 e. The Morgan fingerprint density at radius 1 is 1.27 bits per heavy atom. The molecule has 80 valence electrons. The zero-order valence-corrected chi connectivity index (χ0v) is 9.46. The molecule has 2 rings (SSSR count). The fourth-order valence-corrected chi connectivity index (χ4v) is 2.01. The molecule has 1 aromatic carbocycles. The maximum atomic E-state index is 3.31. The Morgan fingerprint density at radius 2 is 2.07 bits per heavy atom. The van der Waals surface area contributed by atoms with Crippen LogP contribution in [0.4, 0.5) is 0 Å². The summed E-state index contributed by atoms with van der Waals surface area (Å²) < 4.78 is 0. The number of benzene rings is 1. The number of fused-ring (bicyclic) bond motifs is 1. The highest BCUT2D eigenvalue weighted by molar-refractivity contribution is 5.82. The predicted octanol–water partition coefficient (Wildman–Crippen LogP) is 3.01. The van der Waals surface area contributed by atoms with Crippen molar-refractivity contribution in [2.75, 3.05) is 13.6 Å². The number of H-pyrrole nitrogens is 1. The maximum Gasteiger partial charge on any atom is 0.0457 e. The van der Waals surface area contributed by atoms with Gasteiger partial charge in [-0.05, 0) is 31.6 Å². The van der Waals surface area contributed by atoms with Crippen molar-refractivity contribution in [3.8, 4) is 0 Å². The number of rotatable bonds is 4. The Balaban J connectivity index is 2.21. The van der Waals surface area contributed by atoms with Crippen LogP contribution in [-0.2, 0) is 6.54 Å². The van der Waals surface area contributed by atoms with Gasteiger partial charge in [0.15, 0.2) is 0 Å². The molecule has 1 heterocycles. The number of para-hydroxylation sites is 1. The van der Waals surface area contributed by atoms with Gasteiger partial charge in [-0.2, -0.15) is 0 Å². The van der Waals surface area contributed by atoms with Crippen molar-refractivity contribution >= 4 is 10.9 Å². The largest absolute Gasteiger partial charge is 0.361 e. The maximum absolute atomic E-state index is 3.31. The van der Waals surface area contributed by atoms with Crippen LogP contribution in [0.3, 0.4) is 0 Å². The molecule has 0 aliphatic rings. The summed E-state index contributed by atoms with van der Waals surface area (Å²) in [5.41, 5.74) is 2.62. The van der Waals surface area contributed by atoms with Gasteiger partial charge in [0, 0.05) is 23.6 Å². The standard InChI is InChI=1S/C13H18N2/c1-3-8-15(2)10-11-9-14-13-7-5-4-6-12(11)13/h4-7,9,14H,3,8,10H2,1-2H3. The molecule has 0 aliphatic carbocycles. The molecule has 0 saturated heterocycles. The molecule has 0 atom stereocenters. The Labute approximate surface area is 90.9 Å². The van der Waals surface area contributed by atoms with Crippen LogP contribution in [0.15, 0.2) is 30.5 Å². The quantitative estimate of drug-likeness (QED) is 0.807. The monoisotopic (exact) mass is 202 g/mol. The molecule has 15 heavy (non-hydrogen) atoms. The fourth-order valence-electron chi connectivity index (χ4n) is 2.01. The van der Waals surface area contributed by atoms with Gasteiger partial charge in [-0.25, -0.2) is 0 Å². The number of aromatic amines is 1. The van der Waals surface area contributed by atoms with Gasteiger partial charge in [-0.15, -0.1) is 0 Å². The number of aromatic nitrogens is 1. The summed E-state index contributed by atoms with van der Waals surface area (Å²) >= 11 is 0. The molecule has 0 bridgehead atoms. The smallest absolute Gasteiger partial charge is 0.0457 e. The number of nitrogens with one attached hydrogen (secondary N) is 1. The molecule has 2 nitrogen and oxygen atoms in total. The van der Waals surface area contributed by atoms with E-state index in [1.54, 1.807) is 0 Å². The lowest BCUT2D eigenvalue weighted by molar-refractivity contribution is 0.329. The van der Waals surface area contributed by atoms with E-state index in [-0.39, 0.29) is 0 Å². The molecular formula is C13H18N2. The Morgan fingerprint density at radius 3 is 2.87 bits per heavy atom. The second kappa shape index (κ2) is 4.49. The SMILES string of the molecule is CCCN(C)Cc1c[nH]c2ccccc12. The van der Waals surface area contributed by atoms with Gasteiger partial charge in [0.2, 0.25) is 0 Å². The van der Waals surface area contributed by atoms with Crippen LogP contribution in [0, 0.1) is 0 Å². The van der Waals surface area contributed by atoms with Crippen LogP contribution in [-0.4, -0.2) is 23.5 Å². The summed E-state index contributed by atoms with van der Waals surface area (Å²) in [5.74, 6) is 0. The minimum absolute atomic E-state index is 1.03. The summed E-state index contributed by atoms with van der Waals surface area (Å²) in [6.45, 7) is 4.39. The first kappa shape index (κ1) is 10.2. The second-order valence-electron chi connectivity index (χ2n) is 4.10. The van der Waals surface area contributed by atoms with E-state index < -0.39 is 0 Å². The Bertz CT molecular complexity index is 431. The van der Waals surface area contributed by atoms with Gasteiger partial charge in [0.25, 0.3) is 0 Å². The van der Waals surface area contributed by atoms with Gasteiger partial charge in [-0.3, -0.25) is 0 Å². The lowest BCUT2D eigenvalue weighted by Crippen LogP contribution is -2.18. The van der Waals surface area contributed by atoms with Crippen molar-refractivity contribution in [3.05, 3.63) is 36.0 Å². The zero-order valence-electron chi connectivity index (χ0n) is 9.46. The first-order valence-corrected chi connectivity index (χ1v) is 5.55. The van der Waals surface area contributed by atoms with Crippen molar-refractivity contribution < 1.29 is 0 Å². The van der Waals surface area contributed by atoms with Crippen molar-refractivity contribution in [3.63, 3.8) is 0 Å². The third kappa shape index (κ3) is 2.21. The topological polar surface area (TPSA) is 19.0 Å². The van der Waals surface area contributed by atoms with Crippen molar-refractivity contribution in [1.29, 1.82) is 0 Å². The highest BCUT2D eigenvalue weighted by Crippen LogP contribution is 2.18. The van der Waals surface area contributed by atoms with Crippen molar-refractivity contribution in [2.45, 2.75) is 19.9 Å². The summed E-state index contributed by atoms with van der Waals surface area (Å²) in [6, 6.07) is 8.47. The van der Waals surface area contributed by atoms with Crippen LogP contribution in [0.1, 0.15) is 18.9 Å². The van der Waals surface area contributed by atoms with Crippen LogP contribution in [0.25, 0.3) is 10.9 Å². The van der Waals surface area contributed by atoms with E-state index in [9.17, 15) is 0 Å². The normalized spacial score (nSPS) is 11.4. The average Bonchev–Trinajstić information content (AvgIpc) is 2.62. The summed E-state index contributed by atoms with van der Waals surface area (Å²) in [6.07, 6.45) is 3.33. The molecule has 0 radical (unpaired) electrons. The zero-order chi connectivity index (χ0) is 10.7. The highest BCUT2D eigenvalue weighted by atomic mass is 15.1. The molecule has 0 saturated carbocycles. The molecule has 2 heteroatoms. The predicted molar refractivity (Wildman–Crippen MR) is 64.9 cm³/mol. The van der Waals surface area contributed by atoms with E-state index >= 15 is 0 Å². The van der Waals surface area contributed by atoms with Crippen LogP contribution in [0.2, 0.25) is 0 Å². The van der Waals surface area contributed by atoms with Gasteiger partial charge in [0.1, 0.15) is 0 Å². The molecule has 1 N–H and O–H groups in total. The average molecular weight is 202 g/mol. The van der Waals surface area contributed by atoms with Crippen molar-refractivity contribution in [1.82, 2.24) is 9.88 Å². The van der Waals surface area contributed by atoms with Crippen LogP contribution >= 0.6 is 0 Å². The van der Waals surface area contributed by atoms with Crippen LogP contribution in [0.5, 0.6) is 0 Å². The van der Waals surface area contributed by atoms with E-state index in [0.29, 0.717) is 0 Å². The van der Waals surface area contributed by atoms with Crippen molar-refractivity contribution in [2.24, 2.45) is 0 Å². The summed E-state index contributed by atoms with van der Waals surface area (Å²) in [4.78, 5) is 5.67. The lowest BCUT2D eigenvalue weighted by Gasteiger charge is -2.14. The van der Waals surface area contributed by atoms with E-state index in [1.165, 1.54) is 22.9 Å². The number of hydrogen-bond acceptors (Lipinski definition) is 1. The second-order valence-corrected chi connectivity index (χ2v) is 4.10. The fraction of sp³-hybridized carbons (Fsp3) is 0.385.